The van der Waals surface area contributed by atoms with Crippen LogP contribution in [0.4, 0.5) is 0 Å². The zero-order chi connectivity index (χ0) is 17.7. The number of carbonyl (C=O) groups is 1. The van der Waals surface area contributed by atoms with Gasteiger partial charge in [-0.2, -0.15) is 4.76 Å². The Labute approximate surface area is 138 Å². The SMILES string of the molecule is O=C(CCCc1cccc(O)c1)C1C=CC(O)=C/C1=N\P(=O)(O)O. The number of phenols is 1. The minimum absolute atomic E-state index is 0.148. The average molecular weight is 351 g/mol. The lowest BCUT2D eigenvalue weighted by Gasteiger charge is -2.16. The fourth-order valence-electron chi connectivity index (χ4n) is 2.43. The van der Waals surface area contributed by atoms with Crippen molar-refractivity contribution in [2.75, 3.05) is 0 Å². The van der Waals surface area contributed by atoms with Crippen LogP contribution in [0, 0.1) is 5.92 Å². The first kappa shape index (κ1) is 18.1. The molecule has 8 heteroatoms. The van der Waals surface area contributed by atoms with Gasteiger partial charge < -0.3 is 20.0 Å². The summed E-state index contributed by atoms with van der Waals surface area (Å²) in [6, 6.07) is 6.73. The lowest BCUT2D eigenvalue weighted by Crippen LogP contribution is -2.23. The third-order valence-electron chi connectivity index (χ3n) is 3.47. The molecule has 128 valence electrons. The molecule has 1 aliphatic carbocycles. The van der Waals surface area contributed by atoms with Gasteiger partial charge in [-0.15, -0.1) is 0 Å². The number of benzene rings is 1. The molecule has 0 aromatic heterocycles. The number of aromatic hydroxyl groups is 1. The number of phenolic OH excluding ortho intramolecular Hbond substituents is 1. The van der Waals surface area contributed by atoms with E-state index in [-0.39, 0.29) is 29.4 Å². The number of nitrogens with zero attached hydrogens (tertiary/aromatic N) is 1. The molecule has 2 rings (SSSR count). The number of allylic oxidation sites excluding steroid dienone is 3. The minimum Gasteiger partial charge on any atom is -0.508 e. The van der Waals surface area contributed by atoms with Crippen molar-refractivity contribution in [1.82, 2.24) is 0 Å². The van der Waals surface area contributed by atoms with Gasteiger partial charge in [-0.3, -0.25) is 4.79 Å². The number of aliphatic hydroxyl groups excluding tert-OH is 1. The molecule has 0 bridgehead atoms. The highest BCUT2D eigenvalue weighted by molar-refractivity contribution is 7.50. The minimum atomic E-state index is -4.70. The molecule has 24 heavy (non-hydrogen) atoms. The fourth-order valence-corrected chi connectivity index (χ4v) is 2.91. The maximum Gasteiger partial charge on any atom is 0.448 e. The molecule has 0 amide bonds. The van der Waals surface area contributed by atoms with Crippen LogP contribution in [-0.4, -0.2) is 31.5 Å². The summed E-state index contributed by atoms with van der Waals surface area (Å²) in [5.74, 6) is -1.20. The van der Waals surface area contributed by atoms with E-state index < -0.39 is 13.7 Å². The average Bonchev–Trinajstić information content (AvgIpc) is 2.45. The summed E-state index contributed by atoms with van der Waals surface area (Å²) in [6.45, 7) is 0. The summed E-state index contributed by atoms with van der Waals surface area (Å²) in [7, 11) is -4.70. The third-order valence-corrected chi connectivity index (χ3v) is 3.96. The van der Waals surface area contributed by atoms with E-state index in [2.05, 4.69) is 4.76 Å². The van der Waals surface area contributed by atoms with E-state index in [1.165, 1.54) is 12.2 Å². The maximum atomic E-state index is 12.3. The summed E-state index contributed by atoms with van der Waals surface area (Å²) in [5.41, 5.74) is 0.745. The molecule has 7 nitrogen and oxygen atoms in total. The first-order valence-corrected chi connectivity index (χ1v) is 8.86. The first-order valence-electron chi connectivity index (χ1n) is 7.30. The number of carbonyl (C=O) groups excluding carboxylic acids is 1. The topological polar surface area (TPSA) is 127 Å². The number of hydrogen-bond acceptors (Lipinski definition) is 4. The van der Waals surface area contributed by atoms with Crippen molar-refractivity contribution in [3.8, 4) is 5.75 Å². The van der Waals surface area contributed by atoms with E-state index in [9.17, 15) is 19.6 Å². The van der Waals surface area contributed by atoms with Gasteiger partial charge in [0.15, 0.2) is 0 Å². The maximum absolute atomic E-state index is 12.3. The fraction of sp³-hybridized carbons (Fsp3) is 0.250. The summed E-state index contributed by atoms with van der Waals surface area (Å²) < 4.78 is 14.3. The predicted molar refractivity (Wildman–Crippen MR) is 88.9 cm³/mol. The Hall–Kier alpha value is -2.21. The van der Waals surface area contributed by atoms with Gasteiger partial charge >= 0.3 is 7.75 Å². The molecule has 0 heterocycles. The van der Waals surface area contributed by atoms with Gasteiger partial charge in [-0.05, 0) is 36.6 Å². The molecule has 0 saturated heterocycles. The predicted octanol–water partition coefficient (Wildman–Crippen LogP) is 2.45. The number of aliphatic hydroxyl groups is 1. The van der Waals surface area contributed by atoms with E-state index >= 15 is 0 Å². The Kier molecular flexibility index (Phi) is 5.72. The van der Waals surface area contributed by atoms with Gasteiger partial charge in [0.1, 0.15) is 17.3 Å². The largest absolute Gasteiger partial charge is 0.508 e. The normalized spacial score (nSPS) is 19.3. The molecule has 1 aromatic carbocycles. The van der Waals surface area contributed by atoms with Gasteiger partial charge in [0.05, 0.1) is 11.6 Å². The van der Waals surface area contributed by atoms with Crippen LogP contribution in [0.1, 0.15) is 18.4 Å². The highest BCUT2D eigenvalue weighted by Crippen LogP contribution is 2.38. The molecule has 4 N–H and O–H groups in total. The molecule has 0 aliphatic heterocycles. The summed E-state index contributed by atoms with van der Waals surface area (Å²) >= 11 is 0. The zero-order valence-electron chi connectivity index (χ0n) is 12.7. The van der Waals surface area contributed by atoms with Crippen molar-refractivity contribution in [1.29, 1.82) is 0 Å². The lowest BCUT2D eigenvalue weighted by atomic mass is 9.90. The first-order chi connectivity index (χ1) is 11.2. The van der Waals surface area contributed by atoms with Crippen LogP contribution in [0.2, 0.25) is 0 Å². The van der Waals surface area contributed by atoms with E-state index in [0.717, 1.165) is 11.6 Å². The van der Waals surface area contributed by atoms with Crippen LogP contribution in [0.5, 0.6) is 5.75 Å². The Morgan fingerprint density at radius 3 is 2.67 bits per heavy atom. The van der Waals surface area contributed by atoms with Gasteiger partial charge in [0, 0.05) is 12.5 Å². The van der Waals surface area contributed by atoms with Crippen LogP contribution < -0.4 is 0 Å². The second kappa shape index (κ2) is 7.57. The van der Waals surface area contributed by atoms with Crippen LogP contribution in [0.25, 0.3) is 0 Å². The number of Topliss-reactive ketones (excluding diaryl/α,β-unsaturated/α-hetero) is 1. The van der Waals surface area contributed by atoms with E-state index in [4.69, 9.17) is 9.79 Å². The molecule has 0 saturated carbocycles. The van der Waals surface area contributed by atoms with Gasteiger partial charge in [0.25, 0.3) is 0 Å². The van der Waals surface area contributed by atoms with Crippen molar-refractivity contribution in [3.63, 3.8) is 0 Å². The number of rotatable bonds is 6. The molecule has 1 unspecified atom stereocenters. The molecule has 0 radical (unpaired) electrons. The lowest BCUT2D eigenvalue weighted by molar-refractivity contribution is -0.119. The van der Waals surface area contributed by atoms with Gasteiger partial charge in [0.2, 0.25) is 0 Å². The van der Waals surface area contributed by atoms with Gasteiger partial charge in [-0.1, -0.05) is 18.2 Å². The second-order valence-electron chi connectivity index (χ2n) is 5.43. The van der Waals surface area contributed by atoms with E-state index in [1.807, 2.05) is 6.07 Å². The van der Waals surface area contributed by atoms with Crippen molar-refractivity contribution >= 4 is 19.2 Å². The quantitative estimate of drug-likeness (QED) is 0.583. The van der Waals surface area contributed by atoms with Crippen LogP contribution in [0.15, 0.2) is 53.0 Å². The molecule has 0 fully saturated rings. The zero-order valence-corrected chi connectivity index (χ0v) is 13.6. The monoisotopic (exact) mass is 351 g/mol. The summed E-state index contributed by atoms with van der Waals surface area (Å²) in [4.78, 5) is 30.2. The van der Waals surface area contributed by atoms with Crippen molar-refractivity contribution in [3.05, 3.63) is 53.8 Å². The van der Waals surface area contributed by atoms with Gasteiger partial charge in [-0.25, -0.2) is 4.57 Å². The molecule has 1 aliphatic rings. The Bertz CT molecular complexity index is 762. The van der Waals surface area contributed by atoms with Crippen LogP contribution in [-0.2, 0) is 15.8 Å². The smallest absolute Gasteiger partial charge is 0.448 e. The summed E-state index contributed by atoms with van der Waals surface area (Å²) in [5, 5.41) is 18.8. The van der Waals surface area contributed by atoms with E-state index in [0.29, 0.717) is 12.8 Å². The molecule has 1 atom stereocenters. The van der Waals surface area contributed by atoms with E-state index in [1.54, 1.807) is 18.2 Å². The van der Waals surface area contributed by atoms with Crippen molar-refractivity contribution in [2.24, 2.45) is 10.7 Å². The number of aryl methyl sites for hydroxylation is 1. The number of ketones is 1. The highest BCUT2D eigenvalue weighted by atomic mass is 31.2. The summed E-state index contributed by atoms with van der Waals surface area (Å²) in [6.07, 6.45) is 5.04. The second-order valence-corrected chi connectivity index (χ2v) is 6.66. The molecule has 1 aromatic rings. The number of hydrogen-bond donors (Lipinski definition) is 4. The molecule has 0 spiro atoms. The van der Waals surface area contributed by atoms with Crippen molar-refractivity contribution in [2.45, 2.75) is 19.3 Å². The highest BCUT2D eigenvalue weighted by Gasteiger charge is 2.26. The molecular formula is C16H18NO6P. The Morgan fingerprint density at radius 2 is 2.00 bits per heavy atom. The van der Waals surface area contributed by atoms with Crippen molar-refractivity contribution < 1.29 is 29.4 Å². The molecular weight excluding hydrogens is 333 g/mol. The standard InChI is InChI=1S/C16H18NO6P/c18-12-5-1-3-11(9-12)4-2-6-16(20)14-8-7-13(19)10-15(14)17-24(21,22)23/h1,3,5,7-10,14,18-19H,2,4,6H2,(H2,21,22,23)/b17-15+. The third kappa shape index (κ3) is 5.45. The van der Waals surface area contributed by atoms with Crippen LogP contribution in [0.3, 0.4) is 0 Å². The Balaban J connectivity index is 2.01. The Morgan fingerprint density at radius 1 is 1.25 bits per heavy atom. The van der Waals surface area contributed by atoms with Crippen LogP contribution >= 0.6 is 7.75 Å².